The van der Waals surface area contributed by atoms with Gasteiger partial charge in [-0.2, -0.15) is 0 Å². The summed E-state index contributed by atoms with van der Waals surface area (Å²) in [5.74, 6) is -0.105. The Kier molecular flexibility index (Phi) is 6.55. The molecule has 2 N–H and O–H groups in total. The Morgan fingerprint density at radius 2 is 1.79 bits per heavy atom. The fourth-order valence-electron chi connectivity index (χ4n) is 3.55. The molecule has 0 saturated heterocycles. The maximum Gasteiger partial charge on any atom is 0.337 e. The number of aromatic amines is 1. The molecule has 1 amide bonds. The van der Waals surface area contributed by atoms with Crippen molar-refractivity contribution in [3.8, 4) is 11.4 Å². The number of hydrogen-bond acceptors (Lipinski definition) is 6. The zero-order chi connectivity index (χ0) is 24.2. The van der Waals surface area contributed by atoms with Crippen LogP contribution in [-0.4, -0.2) is 35.6 Å². The smallest absolute Gasteiger partial charge is 0.337 e. The third-order valence-electron chi connectivity index (χ3n) is 5.27. The number of nitrogens with one attached hydrogen (secondary N) is 2. The average molecular weight is 476 g/mol. The lowest BCUT2D eigenvalue weighted by atomic mass is 10.1. The molecule has 34 heavy (non-hydrogen) atoms. The quantitative estimate of drug-likeness (QED) is 0.325. The summed E-state index contributed by atoms with van der Waals surface area (Å²) in [5.41, 5.74) is 2.06. The summed E-state index contributed by atoms with van der Waals surface area (Å²) in [6.07, 6.45) is 0. The summed E-state index contributed by atoms with van der Waals surface area (Å²) in [6.45, 7) is 0.318. The first-order valence-electron chi connectivity index (χ1n) is 10.3. The molecule has 0 aliphatic heterocycles. The van der Waals surface area contributed by atoms with Crippen LogP contribution >= 0.6 is 12.2 Å². The summed E-state index contributed by atoms with van der Waals surface area (Å²) in [6, 6.07) is 18.6. The normalized spacial score (nSPS) is 10.6. The van der Waals surface area contributed by atoms with Crippen LogP contribution in [0.5, 0.6) is 5.75 Å². The number of methoxy groups -OCH3 is 2. The van der Waals surface area contributed by atoms with Gasteiger partial charge in [-0.25, -0.2) is 4.79 Å². The fraction of sp³-hybridized carbons (Fsp3) is 0.120. The van der Waals surface area contributed by atoms with Gasteiger partial charge in [0.2, 0.25) is 0 Å². The number of nitrogens with zero attached hydrogens (tertiary/aromatic N) is 1. The molecule has 0 saturated carbocycles. The number of fused-ring (bicyclic) bond motifs is 1. The predicted molar refractivity (Wildman–Crippen MR) is 130 cm³/mol. The van der Waals surface area contributed by atoms with Crippen LogP contribution in [0.4, 0.5) is 0 Å². The first-order chi connectivity index (χ1) is 16.4. The van der Waals surface area contributed by atoms with Crippen molar-refractivity contribution in [2.75, 3.05) is 14.2 Å². The second kappa shape index (κ2) is 9.72. The summed E-state index contributed by atoms with van der Waals surface area (Å²) >= 11 is 5.41. The van der Waals surface area contributed by atoms with Crippen LogP contribution < -0.4 is 15.6 Å². The molecule has 1 heterocycles. The lowest BCUT2D eigenvalue weighted by Gasteiger charge is -2.11. The molecular formula is C25H21N3O5S. The highest BCUT2D eigenvalue weighted by Crippen LogP contribution is 2.16. The van der Waals surface area contributed by atoms with E-state index in [2.05, 4.69) is 10.3 Å². The van der Waals surface area contributed by atoms with E-state index in [-0.39, 0.29) is 16.2 Å². The first-order valence-corrected chi connectivity index (χ1v) is 10.7. The van der Waals surface area contributed by atoms with Crippen molar-refractivity contribution >= 4 is 35.0 Å². The molecule has 172 valence electrons. The maximum atomic E-state index is 13.2. The Labute approximate surface area is 199 Å². The number of H-pyrrole nitrogens is 1. The molecule has 0 radical (unpaired) electrons. The maximum absolute atomic E-state index is 13.2. The molecule has 0 fully saturated rings. The van der Waals surface area contributed by atoms with Crippen LogP contribution in [0.1, 0.15) is 26.3 Å². The number of carbonyl (C=O) groups excluding carboxylic acids is 2. The van der Waals surface area contributed by atoms with Gasteiger partial charge in [0.05, 0.1) is 36.4 Å². The molecule has 0 aliphatic rings. The van der Waals surface area contributed by atoms with Gasteiger partial charge in [0.15, 0.2) is 4.77 Å². The van der Waals surface area contributed by atoms with E-state index in [1.807, 2.05) is 24.3 Å². The lowest BCUT2D eigenvalue weighted by molar-refractivity contribution is 0.0600. The van der Waals surface area contributed by atoms with Crippen LogP contribution in [0.3, 0.4) is 0 Å². The van der Waals surface area contributed by atoms with E-state index in [1.54, 1.807) is 31.4 Å². The summed E-state index contributed by atoms with van der Waals surface area (Å²) in [5, 5.41) is 3.21. The van der Waals surface area contributed by atoms with Crippen molar-refractivity contribution in [2.24, 2.45) is 0 Å². The summed E-state index contributed by atoms with van der Waals surface area (Å²) in [4.78, 5) is 40.7. The highest BCUT2D eigenvalue weighted by atomic mass is 32.1. The molecule has 4 aromatic rings. The summed E-state index contributed by atoms with van der Waals surface area (Å²) in [7, 11) is 2.87. The van der Waals surface area contributed by atoms with Gasteiger partial charge in [0, 0.05) is 12.1 Å². The second-order valence-electron chi connectivity index (χ2n) is 7.41. The Hall–Kier alpha value is -4.24. The average Bonchev–Trinajstić information content (AvgIpc) is 2.86. The minimum atomic E-state index is -0.516. The second-order valence-corrected chi connectivity index (χ2v) is 7.79. The van der Waals surface area contributed by atoms with Crippen LogP contribution in [-0.2, 0) is 11.3 Å². The van der Waals surface area contributed by atoms with Crippen molar-refractivity contribution in [2.45, 2.75) is 6.54 Å². The first kappa shape index (κ1) is 22.9. The van der Waals surface area contributed by atoms with E-state index in [9.17, 15) is 14.4 Å². The number of ether oxygens (including phenoxy) is 2. The molecule has 0 spiro atoms. The molecule has 0 aliphatic carbocycles. The number of carbonyl (C=O) groups is 2. The molecule has 1 aromatic heterocycles. The Morgan fingerprint density at radius 3 is 2.56 bits per heavy atom. The van der Waals surface area contributed by atoms with Crippen molar-refractivity contribution in [3.05, 3.63) is 98.5 Å². The van der Waals surface area contributed by atoms with E-state index >= 15 is 0 Å². The van der Waals surface area contributed by atoms with E-state index in [4.69, 9.17) is 21.7 Å². The molecule has 0 unspecified atom stereocenters. The van der Waals surface area contributed by atoms with Crippen LogP contribution in [0.2, 0.25) is 0 Å². The van der Waals surface area contributed by atoms with Gasteiger partial charge in [-0.15, -0.1) is 0 Å². The van der Waals surface area contributed by atoms with Gasteiger partial charge in [-0.05, 0) is 66.3 Å². The van der Waals surface area contributed by atoms with Crippen molar-refractivity contribution in [1.82, 2.24) is 14.9 Å². The molecule has 9 heteroatoms. The van der Waals surface area contributed by atoms with E-state index in [0.29, 0.717) is 40.0 Å². The minimum Gasteiger partial charge on any atom is -0.497 e. The van der Waals surface area contributed by atoms with Crippen molar-refractivity contribution in [3.63, 3.8) is 0 Å². The minimum absolute atomic E-state index is 0.133. The topological polar surface area (TPSA) is 102 Å². The highest BCUT2D eigenvalue weighted by Gasteiger charge is 2.13. The zero-order valence-corrected chi connectivity index (χ0v) is 19.3. The Morgan fingerprint density at radius 1 is 1.00 bits per heavy atom. The molecule has 0 bridgehead atoms. The van der Waals surface area contributed by atoms with E-state index in [0.717, 1.165) is 5.56 Å². The van der Waals surface area contributed by atoms with Gasteiger partial charge in [0.25, 0.3) is 11.5 Å². The third-order valence-corrected chi connectivity index (χ3v) is 5.56. The van der Waals surface area contributed by atoms with Gasteiger partial charge in [-0.1, -0.05) is 18.2 Å². The van der Waals surface area contributed by atoms with Gasteiger partial charge >= 0.3 is 5.97 Å². The highest BCUT2D eigenvalue weighted by molar-refractivity contribution is 7.71. The number of amides is 1. The lowest BCUT2D eigenvalue weighted by Crippen LogP contribution is -2.24. The predicted octanol–water partition coefficient (Wildman–Crippen LogP) is 3.77. The van der Waals surface area contributed by atoms with Gasteiger partial charge in [0.1, 0.15) is 5.75 Å². The van der Waals surface area contributed by atoms with Gasteiger partial charge < -0.3 is 19.8 Å². The van der Waals surface area contributed by atoms with Crippen LogP contribution in [0.25, 0.3) is 16.6 Å². The Balaban J connectivity index is 1.64. The standard InChI is InChI=1S/C25H21N3O5S/c1-32-19-8-3-5-15(11-19)14-26-22(29)16-6-4-7-18(12-16)28-23(30)20-10-9-17(24(31)33-2)13-21(20)27-25(28)34/h3-13H,14H2,1-2H3,(H,26,29)(H,27,34). The van der Waals surface area contributed by atoms with E-state index in [1.165, 1.54) is 29.9 Å². The van der Waals surface area contributed by atoms with Crippen LogP contribution in [0, 0.1) is 4.77 Å². The zero-order valence-electron chi connectivity index (χ0n) is 18.5. The SMILES string of the molecule is COC(=O)c1ccc2c(=O)n(-c3cccc(C(=O)NCc4cccc(OC)c4)c3)c(=S)[nH]c2c1. The number of aromatic nitrogens is 2. The summed E-state index contributed by atoms with van der Waals surface area (Å²) < 4.78 is 11.4. The molecule has 0 atom stereocenters. The molecule has 8 nitrogen and oxygen atoms in total. The van der Waals surface area contributed by atoms with E-state index < -0.39 is 5.97 Å². The Bertz CT molecular complexity index is 1520. The third kappa shape index (κ3) is 4.60. The molecular weight excluding hydrogens is 454 g/mol. The van der Waals surface area contributed by atoms with Crippen LogP contribution in [0.15, 0.2) is 71.5 Å². The molecule has 4 rings (SSSR count). The number of rotatable bonds is 6. The largest absolute Gasteiger partial charge is 0.497 e. The fourth-order valence-corrected chi connectivity index (χ4v) is 3.85. The monoisotopic (exact) mass is 475 g/mol. The van der Waals surface area contributed by atoms with Gasteiger partial charge in [-0.3, -0.25) is 14.2 Å². The number of benzene rings is 3. The van der Waals surface area contributed by atoms with Crippen molar-refractivity contribution < 1.29 is 19.1 Å². The number of hydrogen-bond donors (Lipinski definition) is 2. The number of esters is 1. The van der Waals surface area contributed by atoms with Crippen molar-refractivity contribution in [1.29, 1.82) is 0 Å². The molecule has 3 aromatic carbocycles.